The molecule has 2 rings (SSSR count). The Morgan fingerprint density at radius 3 is 2.70 bits per heavy atom. The van der Waals surface area contributed by atoms with Crippen molar-refractivity contribution in [1.29, 1.82) is 0 Å². The second-order valence-corrected chi connectivity index (χ2v) is 6.31. The maximum atomic E-state index is 12.1. The van der Waals surface area contributed by atoms with E-state index in [-0.39, 0.29) is 35.7 Å². The summed E-state index contributed by atoms with van der Waals surface area (Å²) >= 11 is 0. The van der Waals surface area contributed by atoms with Crippen molar-refractivity contribution >= 4 is 11.0 Å². The maximum absolute atomic E-state index is 12.1. The Hall–Kier alpha value is -2.47. The first-order chi connectivity index (χ1) is 13.2. The van der Waals surface area contributed by atoms with Gasteiger partial charge in [-0.1, -0.05) is 45.1 Å². The monoisotopic (exact) mass is 376 g/mol. The van der Waals surface area contributed by atoms with Gasteiger partial charge in [-0.2, -0.15) is 0 Å². The van der Waals surface area contributed by atoms with E-state index in [2.05, 4.69) is 6.92 Å². The second-order valence-electron chi connectivity index (χ2n) is 6.31. The maximum Gasteiger partial charge on any atom is 0.383 e. The molecule has 2 aromatic rings. The number of ether oxygens (including phenoxy) is 2. The normalized spacial score (nSPS) is 11.3. The van der Waals surface area contributed by atoms with Crippen molar-refractivity contribution in [1.82, 2.24) is 0 Å². The minimum absolute atomic E-state index is 0.0615. The van der Waals surface area contributed by atoms with Gasteiger partial charge in [0.05, 0.1) is 12.9 Å². The van der Waals surface area contributed by atoms with E-state index in [0.29, 0.717) is 5.75 Å². The van der Waals surface area contributed by atoms with Gasteiger partial charge in [-0.15, -0.1) is 0 Å². The molecule has 0 saturated heterocycles. The molecule has 0 radical (unpaired) electrons. The zero-order valence-corrected chi connectivity index (χ0v) is 15.8. The van der Waals surface area contributed by atoms with Crippen molar-refractivity contribution in [2.75, 3.05) is 13.2 Å². The molecule has 0 bridgehead atoms. The summed E-state index contributed by atoms with van der Waals surface area (Å²) in [7, 11) is 0. The highest BCUT2D eigenvalue weighted by molar-refractivity contribution is 5.91. The third-order valence-corrected chi connectivity index (χ3v) is 4.18. The van der Waals surface area contributed by atoms with Crippen molar-refractivity contribution in [3.8, 4) is 17.2 Å². The van der Waals surface area contributed by atoms with E-state index in [9.17, 15) is 9.90 Å². The highest BCUT2D eigenvalue weighted by Gasteiger charge is 2.18. The Balaban J connectivity index is 2.03. The van der Waals surface area contributed by atoms with Crippen LogP contribution in [0.15, 0.2) is 39.7 Å². The molecule has 1 heterocycles. The number of rotatable bonds is 12. The third-order valence-electron chi connectivity index (χ3n) is 4.18. The molecule has 0 spiro atoms. The average molecular weight is 376 g/mol. The molecule has 2 N–H and O–H groups in total. The first-order valence-electron chi connectivity index (χ1n) is 9.53. The first kappa shape index (κ1) is 20.8. The van der Waals surface area contributed by atoms with E-state index in [1.807, 2.05) is 6.08 Å². The second kappa shape index (κ2) is 11.3. The first-order valence-corrected chi connectivity index (χ1v) is 9.53. The number of unbranched alkanes of at least 4 members (excludes halogenated alkanes) is 6. The molecular formula is C21H28O6. The molecule has 148 valence electrons. The summed E-state index contributed by atoms with van der Waals surface area (Å²) in [5.74, 6) is -0.301. The van der Waals surface area contributed by atoms with E-state index in [0.717, 1.165) is 12.8 Å². The smallest absolute Gasteiger partial charge is 0.383 e. The van der Waals surface area contributed by atoms with Crippen molar-refractivity contribution in [2.24, 2.45) is 0 Å². The number of aliphatic hydroxyl groups is 1. The number of hydrogen-bond acceptors (Lipinski definition) is 6. The molecule has 1 aromatic heterocycles. The van der Waals surface area contributed by atoms with Crippen LogP contribution in [0.4, 0.5) is 0 Å². The standard InChI is InChI=1S/C21H28O6/c1-2-3-4-5-6-7-8-9-14-26-20-19(23)18-16(25-15-13-22)11-10-12-17(18)27-21(20)24/h9-12,14,22-23H,2-8,13,15H2,1H3/b14-9+. The Bertz CT molecular complexity index is 793. The van der Waals surface area contributed by atoms with Gasteiger partial charge in [0, 0.05) is 0 Å². The van der Waals surface area contributed by atoms with Crippen LogP contribution >= 0.6 is 0 Å². The number of aromatic hydroxyl groups is 1. The molecule has 0 fully saturated rings. The zero-order chi connectivity index (χ0) is 19.5. The highest BCUT2D eigenvalue weighted by Crippen LogP contribution is 2.37. The fourth-order valence-electron chi connectivity index (χ4n) is 2.79. The van der Waals surface area contributed by atoms with E-state index in [1.165, 1.54) is 38.4 Å². The SMILES string of the molecule is CCCCCCCC/C=C/Oc1c(O)c2c(OCCO)cccc2oc1=O. The molecule has 27 heavy (non-hydrogen) atoms. The lowest BCUT2D eigenvalue weighted by atomic mass is 10.1. The van der Waals surface area contributed by atoms with Gasteiger partial charge in [0.15, 0.2) is 5.75 Å². The Labute approximate surface area is 159 Å². The summed E-state index contributed by atoms with van der Waals surface area (Å²) in [5, 5.41) is 19.6. The van der Waals surface area contributed by atoms with Gasteiger partial charge in [0.1, 0.15) is 23.3 Å². The van der Waals surface area contributed by atoms with Crippen LogP contribution in [0.2, 0.25) is 0 Å². The largest absolute Gasteiger partial charge is 0.503 e. The fourth-order valence-corrected chi connectivity index (χ4v) is 2.79. The van der Waals surface area contributed by atoms with E-state index in [1.54, 1.807) is 18.2 Å². The number of hydrogen-bond donors (Lipinski definition) is 2. The number of benzene rings is 1. The summed E-state index contributed by atoms with van der Waals surface area (Å²) in [4.78, 5) is 12.1. The Morgan fingerprint density at radius 1 is 1.15 bits per heavy atom. The molecule has 6 heteroatoms. The molecule has 0 unspecified atom stereocenters. The summed E-state index contributed by atoms with van der Waals surface area (Å²) in [6, 6.07) is 4.81. The van der Waals surface area contributed by atoms with Crippen molar-refractivity contribution in [3.63, 3.8) is 0 Å². The van der Waals surface area contributed by atoms with Gasteiger partial charge in [-0.05, 0) is 31.1 Å². The van der Waals surface area contributed by atoms with Crippen LogP contribution in [0.25, 0.3) is 11.0 Å². The Kier molecular flexibility index (Phi) is 8.71. The van der Waals surface area contributed by atoms with E-state index < -0.39 is 5.63 Å². The number of aliphatic hydroxyl groups excluding tert-OH is 1. The lowest BCUT2D eigenvalue weighted by Crippen LogP contribution is -2.06. The van der Waals surface area contributed by atoms with Gasteiger partial charge in [-0.25, -0.2) is 4.79 Å². The minimum atomic E-state index is -0.761. The van der Waals surface area contributed by atoms with Gasteiger partial charge in [0.2, 0.25) is 0 Å². The fraction of sp³-hybridized carbons (Fsp3) is 0.476. The topological polar surface area (TPSA) is 89.1 Å². The van der Waals surface area contributed by atoms with Gasteiger partial charge < -0.3 is 24.1 Å². The molecule has 0 aliphatic heterocycles. The minimum Gasteiger partial charge on any atom is -0.503 e. The summed E-state index contributed by atoms with van der Waals surface area (Å²) in [6.07, 6.45) is 11.3. The predicted octanol–water partition coefficient (Wildman–Crippen LogP) is 4.51. The van der Waals surface area contributed by atoms with Crippen molar-refractivity contribution in [3.05, 3.63) is 41.0 Å². The zero-order valence-electron chi connectivity index (χ0n) is 15.8. The lowest BCUT2D eigenvalue weighted by molar-refractivity contribution is 0.202. The van der Waals surface area contributed by atoms with Gasteiger partial charge in [0.25, 0.3) is 5.75 Å². The average Bonchev–Trinajstić information content (AvgIpc) is 2.66. The lowest BCUT2D eigenvalue weighted by Gasteiger charge is -2.10. The molecule has 0 atom stereocenters. The summed E-state index contributed by atoms with van der Waals surface area (Å²) < 4.78 is 15.9. The van der Waals surface area contributed by atoms with E-state index >= 15 is 0 Å². The van der Waals surface area contributed by atoms with Crippen LogP contribution < -0.4 is 15.1 Å². The number of fused-ring (bicyclic) bond motifs is 1. The van der Waals surface area contributed by atoms with Crippen LogP contribution in [-0.4, -0.2) is 23.4 Å². The quantitative estimate of drug-likeness (QED) is 0.322. The molecular weight excluding hydrogens is 348 g/mol. The molecule has 0 aliphatic carbocycles. The molecule has 0 aliphatic rings. The van der Waals surface area contributed by atoms with Crippen LogP contribution in [0.1, 0.15) is 51.9 Å². The van der Waals surface area contributed by atoms with Crippen LogP contribution in [0.5, 0.6) is 17.2 Å². The summed E-state index contributed by atoms with van der Waals surface area (Å²) in [5.41, 5.74) is -0.570. The summed E-state index contributed by atoms with van der Waals surface area (Å²) in [6.45, 7) is 2.09. The predicted molar refractivity (Wildman–Crippen MR) is 104 cm³/mol. The van der Waals surface area contributed by atoms with Gasteiger partial charge in [-0.3, -0.25) is 0 Å². The van der Waals surface area contributed by atoms with Crippen LogP contribution in [0, 0.1) is 0 Å². The molecule has 0 saturated carbocycles. The number of allylic oxidation sites excluding steroid dienone is 1. The van der Waals surface area contributed by atoms with E-state index in [4.69, 9.17) is 19.0 Å². The van der Waals surface area contributed by atoms with Gasteiger partial charge >= 0.3 is 5.63 Å². The van der Waals surface area contributed by atoms with Crippen molar-refractivity contribution < 1.29 is 24.1 Å². The Morgan fingerprint density at radius 2 is 1.93 bits per heavy atom. The molecule has 0 amide bonds. The van der Waals surface area contributed by atoms with Crippen LogP contribution in [0.3, 0.4) is 0 Å². The van der Waals surface area contributed by atoms with Crippen LogP contribution in [-0.2, 0) is 0 Å². The highest BCUT2D eigenvalue weighted by atomic mass is 16.5. The molecule has 1 aromatic carbocycles. The molecule has 6 nitrogen and oxygen atoms in total. The van der Waals surface area contributed by atoms with Crippen molar-refractivity contribution in [2.45, 2.75) is 51.9 Å². The third kappa shape index (κ3) is 6.03.